The summed E-state index contributed by atoms with van der Waals surface area (Å²) in [5.74, 6) is -10.2. The van der Waals surface area contributed by atoms with Crippen molar-refractivity contribution < 1.29 is 46.1 Å². The van der Waals surface area contributed by atoms with Crippen molar-refractivity contribution in [2.45, 2.75) is 56.1 Å². The highest BCUT2D eigenvalue weighted by molar-refractivity contribution is 5.73. The summed E-state index contributed by atoms with van der Waals surface area (Å²) >= 11 is 0. The van der Waals surface area contributed by atoms with Crippen LogP contribution in [0, 0.1) is 17.8 Å². The fraction of sp³-hybridized carbons (Fsp3) is 0.933. The van der Waals surface area contributed by atoms with Crippen LogP contribution in [0.4, 0.5) is 22.0 Å². The van der Waals surface area contributed by atoms with E-state index in [0.29, 0.717) is 19.3 Å². The number of rotatable bonds is 3. The van der Waals surface area contributed by atoms with E-state index in [9.17, 15) is 31.9 Å². The standard InChI is InChI=1S/C15H19F5O5/c1-12(6-23-11(21)10-5-8-2-3-9(10)4-8)13(16,17)14(22,15(18,19)20)25-7-24-12/h8-10,22H,2-7H2,1H3. The van der Waals surface area contributed by atoms with E-state index in [1.54, 1.807) is 0 Å². The zero-order valence-corrected chi connectivity index (χ0v) is 13.4. The van der Waals surface area contributed by atoms with Crippen molar-refractivity contribution in [3.8, 4) is 0 Å². The van der Waals surface area contributed by atoms with Crippen molar-refractivity contribution in [1.29, 1.82) is 0 Å². The highest BCUT2D eigenvalue weighted by Gasteiger charge is 2.79. The average molecular weight is 374 g/mol. The van der Waals surface area contributed by atoms with Gasteiger partial charge in [0.15, 0.2) is 12.4 Å². The molecule has 25 heavy (non-hydrogen) atoms. The molecule has 10 heteroatoms. The highest BCUT2D eigenvalue weighted by Crippen LogP contribution is 2.52. The van der Waals surface area contributed by atoms with Gasteiger partial charge in [0.2, 0.25) is 0 Å². The number of hydrogen-bond donors (Lipinski definition) is 1. The van der Waals surface area contributed by atoms with Gasteiger partial charge in [0.25, 0.3) is 0 Å². The van der Waals surface area contributed by atoms with Gasteiger partial charge in [-0.2, -0.15) is 22.0 Å². The normalized spacial score (nSPS) is 43.2. The lowest BCUT2D eigenvalue weighted by Gasteiger charge is -2.48. The van der Waals surface area contributed by atoms with Crippen LogP contribution in [0.5, 0.6) is 0 Å². The molecule has 3 rings (SSSR count). The maximum absolute atomic E-state index is 14.4. The number of hydrogen-bond acceptors (Lipinski definition) is 5. The first-order valence-electron chi connectivity index (χ1n) is 8.03. The zero-order chi connectivity index (χ0) is 18.7. The molecule has 5 unspecified atom stereocenters. The van der Waals surface area contributed by atoms with E-state index in [1.165, 1.54) is 0 Å². The van der Waals surface area contributed by atoms with E-state index in [1.807, 2.05) is 0 Å². The van der Waals surface area contributed by atoms with Crippen LogP contribution >= 0.6 is 0 Å². The Morgan fingerprint density at radius 3 is 2.44 bits per heavy atom. The van der Waals surface area contributed by atoms with Crippen LogP contribution in [-0.2, 0) is 19.0 Å². The Labute approximate surface area is 140 Å². The Balaban J connectivity index is 1.71. The van der Waals surface area contributed by atoms with Gasteiger partial charge in [-0.15, -0.1) is 0 Å². The fourth-order valence-corrected chi connectivity index (χ4v) is 4.03. The predicted molar refractivity (Wildman–Crippen MR) is 71.3 cm³/mol. The van der Waals surface area contributed by atoms with E-state index in [2.05, 4.69) is 9.47 Å². The Hall–Kier alpha value is -1.00. The number of esters is 1. The third kappa shape index (κ3) is 2.73. The molecule has 0 aromatic carbocycles. The van der Waals surface area contributed by atoms with Crippen molar-refractivity contribution >= 4 is 5.97 Å². The van der Waals surface area contributed by atoms with Crippen LogP contribution in [0.2, 0.25) is 0 Å². The van der Waals surface area contributed by atoms with Crippen molar-refractivity contribution in [3.63, 3.8) is 0 Å². The van der Waals surface area contributed by atoms with Crippen molar-refractivity contribution in [3.05, 3.63) is 0 Å². The molecule has 2 saturated carbocycles. The maximum atomic E-state index is 14.4. The van der Waals surface area contributed by atoms with E-state index >= 15 is 0 Å². The summed E-state index contributed by atoms with van der Waals surface area (Å²) in [6.07, 6.45) is -2.39. The first kappa shape index (κ1) is 18.8. The van der Waals surface area contributed by atoms with E-state index < -0.39 is 48.8 Å². The molecule has 3 aliphatic rings. The SMILES string of the molecule is CC1(COC(=O)C2CC3CCC2C3)OCOC(O)(C(F)(F)F)C1(F)F. The Morgan fingerprint density at radius 1 is 1.24 bits per heavy atom. The van der Waals surface area contributed by atoms with E-state index in [0.717, 1.165) is 19.3 Å². The van der Waals surface area contributed by atoms with Crippen LogP contribution < -0.4 is 0 Å². The Kier molecular flexibility index (Phi) is 4.32. The summed E-state index contributed by atoms with van der Waals surface area (Å²) < 4.78 is 80.7. The van der Waals surface area contributed by atoms with Gasteiger partial charge in [0, 0.05) is 0 Å². The Morgan fingerprint density at radius 2 is 1.92 bits per heavy atom. The van der Waals surface area contributed by atoms with Gasteiger partial charge in [0.05, 0.1) is 5.92 Å². The molecule has 1 heterocycles. The number of alkyl halides is 5. The van der Waals surface area contributed by atoms with Gasteiger partial charge in [-0.1, -0.05) is 6.42 Å². The molecule has 1 N–H and O–H groups in total. The molecule has 0 aromatic rings. The van der Waals surface area contributed by atoms with Gasteiger partial charge >= 0.3 is 23.9 Å². The monoisotopic (exact) mass is 374 g/mol. The molecule has 0 amide bonds. The van der Waals surface area contributed by atoms with Crippen LogP contribution in [0.3, 0.4) is 0 Å². The second-order valence-corrected chi connectivity index (χ2v) is 7.24. The first-order chi connectivity index (χ1) is 11.4. The molecule has 1 aliphatic heterocycles. The number of aliphatic hydroxyl groups is 1. The third-order valence-electron chi connectivity index (χ3n) is 5.65. The fourth-order valence-electron chi connectivity index (χ4n) is 4.03. The molecular weight excluding hydrogens is 355 g/mol. The largest absolute Gasteiger partial charge is 0.462 e. The van der Waals surface area contributed by atoms with E-state index in [4.69, 9.17) is 4.74 Å². The van der Waals surface area contributed by atoms with Gasteiger partial charge in [-0.05, 0) is 38.0 Å². The summed E-state index contributed by atoms with van der Waals surface area (Å²) in [6, 6.07) is 0. The van der Waals surface area contributed by atoms with E-state index in [-0.39, 0.29) is 5.92 Å². The lowest BCUT2D eigenvalue weighted by molar-refractivity contribution is -0.501. The summed E-state index contributed by atoms with van der Waals surface area (Å²) in [6.45, 7) is -1.68. The summed E-state index contributed by atoms with van der Waals surface area (Å²) in [5, 5.41) is 9.42. The molecular formula is C15H19F5O5. The minimum absolute atomic E-state index is 0.133. The number of fused-ring (bicyclic) bond motifs is 2. The van der Waals surface area contributed by atoms with Crippen molar-refractivity contribution in [1.82, 2.24) is 0 Å². The zero-order valence-electron chi connectivity index (χ0n) is 13.4. The summed E-state index contributed by atoms with van der Waals surface area (Å²) in [5.41, 5.74) is -2.87. The molecule has 5 nitrogen and oxygen atoms in total. The lowest BCUT2D eigenvalue weighted by Crippen LogP contribution is -2.74. The molecule has 3 fully saturated rings. The minimum atomic E-state index is -5.75. The molecule has 0 radical (unpaired) electrons. The maximum Gasteiger partial charge on any atom is 0.449 e. The molecule has 0 spiro atoms. The van der Waals surface area contributed by atoms with Crippen molar-refractivity contribution in [2.24, 2.45) is 17.8 Å². The number of carbonyl (C=O) groups is 1. The van der Waals surface area contributed by atoms with Gasteiger partial charge in [0.1, 0.15) is 6.61 Å². The molecule has 5 atom stereocenters. The molecule has 1 saturated heterocycles. The molecule has 144 valence electrons. The lowest BCUT2D eigenvalue weighted by atomic mass is 9.88. The second kappa shape index (κ2) is 5.75. The van der Waals surface area contributed by atoms with Gasteiger partial charge in [-0.3, -0.25) is 4.79 Å². The van der Waals surface area contributed by atoms with Crippen LogP contribution in [-0.4, -0.2) is 48.0 Å². The summed E-state index contributed by atoms with van der Waals surface area (Å²) in [7, 11) is 0. The first-order valence-corrected chi connectivity index (χ1v) is 8.03. The molecule has 2 aliphatic carbocycles. The van der Waals surface area contributed by atoms with Crippen molar-refractivity contribution in [2.75, 3.05) is 13.4 Å². The topological polar surface area (TPSA) is 65.0 Å². The van der Waals surface area contributed by atoms with Crippen LogP contribution in [0.1, 0.15) is 32.6 Å². The molecule has 2 bridgehead atoms. The predicted octanol–water partition coefficient (Wildman–Crippen LogP) is 2.62. The van der Waals surface area contributed by atoms with Gasteiger partial charge < -0.3 is 19.3 Å². The number of carbonyl (C=O) groups excluding carboxylic acids is 1. The quantitative estimate of drug-likeness (QED) is 0.608. The van der Waals surface area contributed by atoms with Crippen LogP contribution in [0.25, 0.3) is 0 Å². The number of halogens is 5. The average Bonchev–Trinajstić information content (AvgIpc) is 3.12. The smallest absolute Gasteiger partial charge is 0.449 e. The highest BCUT2D eigenvalue weighted by atomic mass is 19.4. The van der Waals surface area contributed by atoms with Crippen LogP contribution in [0.15, 0.2) is 0 Å². The summed E-state index contributed by atoms with van der Waals surface area (Å²) in [4.78, 5) is 12.2. The second-order valence-electron chi connectivity index (χ2n) is 7.24. The molecule has 0 aromatic heterocycles. The minimum Gasteiger partial charge on any atom is -0.462 e. The van der Waals surface area contributed by atoms with Gasteiger partial charge in [-0.25, -0.2) is 0 Å². The third-order valence-corrected chi connectivity index (χ3v) is 5.65. The number of ether oxygens (including phenoxy) is 3. The Bertz CT molecular complexity index is 553.